The molecule has 6 nitrogen and oxygen atoms in total. The second-order valence-electron chi connectivity index (χ2n) is 4.77. The van der Waals surface area contributed by atoms with E-state index in [4.69, 9.17) is 9.15 Å². The van der Waals surface area contributed by atoms with Gasteiger partial charge in [0.25, 0.3) is 0 Å². The number of anilines is 1. The summed E-state index contributed by atoms with van der Waals surface area (Å²) in [7, 11) is 0. The quantitative estimate of drug-likeness (QED) is 0.741. The summed E-state index contributed by atoms with van der Waals surface area (Å²) in [6.07, 6.45) is 0. The molecule has 0 spiro atoms. The molecule has 0 radical (unpaired) electrons. The van der Waals surface area contributed by atoms with Crippen LogP contribution in [-0.4, -0.2) is 35.5 Å². The normalized spacial score (nSPS) is 13.6. The van der Waals surface area contributed by atoms with Gasteiger partial charge in [-0.1, -0.05) is 12.0 Å². The van der Waals surface area contributed by atoms with Crippen LogP contribution in [0.3, 0.4) is 0 Å². The minimum Gasteiger partial charge on any atom is -0.406 e. The number of nitrogens with zero attached hydrogens (tertiary/aromatic N) is 2. The van der Waals surface area contributed by atoms with Gasteiger partial charge in [-0.15, -0.1) is 5.10 Å². The molecule has 1 heterocycles. The summed E-state index contributed by atoms with van der Waals surface area (Å²) in [6, 6.07) is 0.500. The number of ether oxygens (including phenoxy) is 1. The lowest BCUT2D eigenvalue weighted by Gasteiger charge is -2.24. The fourth-order valence-corrected chi connectivity index (χ4v) is 1.60. The van der Waals surface area contributed by atoms with E-state index in [0.29, 0.717) is 25.1 Å². The number of rotatable bonds is 8. The molecule has 0 aliphatic heterocycles. The summed E-state index contributed by atoms with van der Waals surface area (Å²) in [5.74, 6) is 0.591. The second kappa shape index (κ2) is 6.70. The van der Waals surface area contributed by atoms with Gasteiger partial charge in [0, 0.05) is 13.2 Å². The van der Waals surface area contributed by atoms with E-state index < -0.39 is 0 Å². The van der Waals surface area contributed by atoms with E-state index in [0.717, 1.165) is 6.54 Å². The first-order valence-electron chi connectivity index (χ1n) is 6.43. The van der Waals surface area contributed by atoms with Gasteiger partial charge in [0.1, 0.15) is 0 Å². The highest BCUT2D eigenvalue weighted by Crippen LogP contribution is 2.15. The van der Waals surface area contributed by atoms with Crippen molar-refractivity contribution in [1.29, 1.82) is 0 Å². The number of hydrogen-bond donors (Lipinski definition) is 2. The monoisotopic (exact) mass is 256 g/mol. The first kappa shape index (κ1) is 14.9. The molecule has 1 aromatic heterocycles. The number of hydrogen-bond acceptors (Lipinski definition) is 6. The van der Waals surface area contributed by atoms with Crippen LogP contribution in [0.15, 0.2) is 4.42 Å². The first-order valence-corrected chi connectivity index (χ1v) is 6.43. The molecule has 1 atom stereocenters. The molecule has 0 amide bonds. The molecular weight excluding hydrogens is 232 g/mol. The van der Waals surface area contributed by atoms with Crippen molar-refractivity contribution in [2.24, 2.45) is 0 Å². The van der Waals surface area contributed by atoms with Crippen molar-refractivity contribution < 1.29 is 9.15 Å². The lowest BCUT2D eigenvalue weighted by molar-refractivity contribution is 0.000336. The maximum atomic E-state index is 5.58. The minimum atomic E-state index is -0.253. The third-order valence-electron chi connectivity index (χ3n) is 2.52. The highest BCUT2D eigenvalue weighted by Gasteiger charge is 2.19. The fraction of sp³-hybridized carbons (Fsp3) is 0.833. The Morgan fingerprint density at radius 1 is 1.33 bits per heavy atom. The van der Waals surface area contributed by atoms with Gasteiger partial charge < -0.3 is 19.8 Å². The summed E-state index contributed by atoms with van der Waals surface area (Å²) in [6.45, 7) is 12.2. The summed E-state index contributed by atoms with van der Waals surface area (Å²) in [5.41, 5.74) is -0.253. The fourth-order valence-electron chi connectivity index (χ4n) is 1.60. The van der Waals surface area contributed by atoms with Gasteiger partial charge in [-0.25, -0.2) is 0 Å². The van der Waals surface area contributed by atoms with Crippen LogP contribution in [0, 0.1) is 0 Å². The van der Waals surface area contributed by atoms with Crippen molar-refractivity contribution >= 4 is 6.01 Å². The third kappa shape index (κ3) is 4.62. The maximum Gasteiger partial charge on any atom is 0.315 e. The number of aromatic nitrogens is 2. The smallest absolute Gasteiger partial charge is 0.315 e. The Morgan fingerprint density at radius 2 is 2.06 bits per heavy atom. The van der Waals surface area contributed by atoms with Gasteiger partial charge in [-0.3, -0.25) is 0 Å². The zero-order chi connectivity index (χ0) is 13.6. The largest absolute Gasteiger partial charge is 0.406 e. The third-order valence-corrected chi connectivity index (χ3v) is 2.52. The summed E-state index contributed by atoms with van der Waals surface area (Å²) < 4.78 is 11.1. The Labute approximate surface area is 108 Å². The van der Waals surface area contributed by atoms with E-state index >= 15 is 0 Å². The van der Waals surface area contributed by atoms with Gasteiger partial charge >= 0.3 is 6.01 Å². The van der Waals surface area contributed by atoms with Crippen LogP contribution in [0.1, 0.15) is 46.6 Å². The molecule has 0 aromatic carbocycles. The predicted octanol–water partition coefficient (Wildman–Crippen LogP) is 1.97. The first-order chi connectivity index (χ1) is 8.48. The van der Waals surface area contributed by atoms with Crippen molar-refractivity contribution in [2.75, 3.05) is 25.0 Å². The molecular formula is C12H24N4O2. The van der Waals surface area contributed by atoms with E-state index in [2.05, 4.69) is 20.8 Å². The minimum absolute atomic E-state index is 0.0675. The lowest BCUT2D eigenvalue weighted by Crippen LogP contribution is -2.33. The molecule has 0 saturated heterocycles. The Balaban J connectivity index is 2.49. The molecule has 0 aliphatic carbocycles. The molecule has 0 aliphatic rings. The Kier molecular flexibility index (Phi) is 5.55. The molecule has 104 valence electrons. The Morgan fingerprint density at radius 3 is 2.67 bits per heavy atom. The van der Waals surface area contributed by atoms with E-state index in [1.165, 1.54) is 0 Å². The van der Waals surface area contributed by atoms with Gasteiger partial charge in [-0.2, -0.15) is 0 Å². The molecule has 6 heteroatoms. The molecule has 0 bridgehead atoms. The summed E-state index contributed by atoms with van der Waals surface area (Å²) in [4.78, 5) is 0. The van der Waals surface area contributed by atoms with Crippen LogP contribution >= 0.6 is 0 Å². The molecule has 0 fully saturated rings. The molecule has 1 aromatic rings. The SMILES string of the molecule is CCNC(C)c1nnc(NCC(C)(C)OCC)o1. The molecule has 1 rings (SSSR count). The van der Waals surface area contributed by atoms with E-state index in [9.17, 15) is 0 Å². The van der Waals surface area contributed by atoms with Crippen LogP contribution in [0.4, 0.5) is 6.01 Å². The van der Waals surface area contributed by atoms with Crippen LogP contribution in [0.25, 0.3) is 0 Å². The van der Waals surface area contributed by atoms with Crippen molar-refractivity contribution in [1.82, 2.24) is 15.5 Å². The maximum absolute atomic E-state index is 5.58. The van der Waals surface area contributed by atoms with Crippen molar-refractivity contribution in [3.05, 3.63) is 5.89 Å². The highest BCUT2D eigenvalue weighted by atomic mass is 16.5. The molecule has 18 heavy (non-hydrogen) atoms. The highest BCUT2D eigenvalue weighted by molar-refractivity contribution is 5.18. The number of nitrogens with one attached hydrogen (secondary N) is 2. The predicted molar refractivity (Wildman–Crippen MR) is 70.6 cm³/mol. The topological polar surface area (TPSA) is 72.2 Å². The van der Waals surface area contributed by atoms with Crippen LogP contribution < -0.4 is 10.6 Å². The summed E-state index contributed by atoms with van der Waals surface area (Å²) >= 11 is 0. The molecule has 1 unspecified atom stereocenters. The van der Waals surface area contributed by atoms with Crippen LogP contribution in [0.2, 0.25) is 0 Å². The van der Waals surface area contributed by atoms with Gasteiger partial charge in [0.15, 0.2) is 0 Å². The second-order valence-corrected chi connectivity index (χ2v) is 4.77. The Hall–Kier alpha value is -1.14. The van der Waals surface area contributed by atoms with Gasteiger partial charge in [0.2, 0.25) is 5.89 Å². The summed E-state index contributed by atoms with van der Waals surface area (Å²) in [5, 5.41) is 14.3. The van der Waals surface area contributed by atoms with Gasteiger partial charge in [-0.05, 0) is 34.2 Å². The standard InChI is InChI=1S/C12H24N4O2/c1-6-13-9(3)10-15-16-11(18-10)14-8-12(4,5)17-7-2/h9,13H,6-8H2,1-5H3,(H,14,16). The van der Waals surface area contributed by atoms with Crippen LogP contribution in [0.5, 0.6) is 0 Å². The average Bonchev–Trinajstić information content (AvgIpc) is 2.75. The van der Waals surface area contributed by atoms with Crippen molar-refractivity contribution in [3.63, 3.8) is 0 Å². The van der Waals surface area contributed by atoms with Crippen LogP contribution in [-0.2, 0) is 4.74 Å². The molecule has 0 saturated carbocycles. The van der Waals surface area contributed by atoms with E-state index in [1.807, 2.05) is 34.6 Å². The van der Waals surface area contributed by atoms with Gasteiger partial charge in [0.05, 0.1) is 11.6 Å². The van der Waals surface area contributed by atoms with Crippen molar-refractivity contribution in [2.45, 2.75) is 46.3 Å². The van der Waals surface area contributed by atoms with E-state index in [1.54, 1.807) is 0 Å². The van der Waals surface area contributed by atoms with E-state index in [-0.39, 0.29) is 11.6 Å². The Bertz CT molecular complexity index is 352. The van der Waals surface area contributed by atoms with Crippen molar-refractivity contribution in [3.8, 4) is 0 Å². The average molecular weight is 256 g/mol. The zero-order valence-corrected chi connectivity index (χ0v) is 11.9. The lowest BCUT2D eigenvalue weighted by atomic mass is 10.1. The zero-order valence-electron chi connectivity index (χ0n) is 11.9. The molecule has 2 N–H and O–H groups in total.